The molecule has 0 aliphatic heterocycles. The molecule has 0 fully saturated rings. The van der Waals surface area contributed by atoms with Crippen molar-refractivity contribution in [2.75, 3.05) is 30.3 Å². The zero-order chi connectivity index (χ0) is 23.5. The fraction of sp³-hybridized carbons (Fsp3) is 0.346. The van der Waals surface area contributed by atoms with Gasteiger partial charge in [-0.15, -0.1) is 0 Å². The van der Waals surface area contributed by atoms with Crippen LogP contribution in [0.3, 0.4) is 0 Å². The number of para-hydroxylation sites is 2. The molecule has 2 aromatic carbocycles. The van der Waals surface area contributed by atoms with Gasteiger partial charge in [-0.2, -0.15) is 0 Å². The van der Waals surface area contributed by atoms with Crippen LogP contribution in [-0.2, 0) is 4.74 Å². The molecular weight excluding hydrogens is 414 g/mol. The Labute approximate surface area is 194 Å². The predicted octanol–water partition coefficient (Wildman–Crippen LogP) is 5.21. The molecule has 0 spiro atoms. The fourth-order valence-corrected chi connectivity index (χ4v) is 3.93. The quantitative estimate of drug-likeness (QED) is 0.375. The lowest BCUT2D eigenvalue weighted by molar-refractivity contribution is 0.0450. The number of ether oxygens (including phenoxy) is 1. The number of esters is 1. The Morgan fingerprint density at radius 3 is 2.27 bits per heavy atom. The molecule has 0 radical (unpaired) electrons. The molecule has 172 valence electrons. The van der Waals surface area contributed by atoms with Gasteiger partial charge < -0.3 is 15.4 Å². The van der Waals surface area contributed by atoms with Gasteiger partial charge in [0.25, 0.3) is 0 Å². The topological polar surface area (TPSA) is 86.3 Å². The van der Waals surface area contributed by atoms with Crippen molar-refractivity contribution in [1.29, 1.82) is 0 Å². The lowest BCUT2D eigenvalue weighted by Crippen LogP contribution is -2.21. The molecule has 0 bridgehead atoms. The molecule has 7 heteroatoms. The van der Waals surface area contributed by atoms with E-state index in [0.29, 0.717) is 23.3 Å². The predicted molar refractivity (Wildman–Crippen MR) is 134 cm³/mol. The molecule has 2 N–H and O–H groups in total. The highest BCUT2D eigenvalue weighted by atomic mass is 16.5. The lowest BCUT2D eigenvalue weighted by atomic mass is 10.1. The number of benzene rings is 2. The number of nitrogens with zero attached hydrogens (tertiary/aromatic N) is 4. The van der Waals surface area contributed by atoms with Crippen LogP contribution in [0.1, 0.15) is 44.5 Å². The number of rotatable bonds is 8. The Balaban J connectivity index is 1.87. The number of nitrogens with two attached hydrogens (primary N) is 1. The van der Waals surface area contributed by atoms with Crippen molar-refractivity contribution in [2.24, 2.45) is 5.92 Å². The normalized spacial score (nSPS) is 12.2. The molecule has 1 atom stereocenters. The van der Waals surface area contributed by atoms with Gasteiger partial charge >= 0.3 is 5.97 Å². The molecule has 1 unspecified atom stereocenters. The monoisotopic (exact) mass is 445 g/mol. The zero-order valence-electron chi connectivity index (χ0n) is 19.7. The smallest absolute Gasteiger partial charge is 0.344 e. The summed E-state index contributed by atoms with van der Waals surface area (Å²) in [6, 6.07) is 15.7. The molecule has 0 aliphatic carbocycles. The van der Waals surface area contributed by atoms with E-state index in [0.717, 1.165) is 36.4 Å². The van der Waals surface area contributed by atoms with Crippen molar-refractivity contribution in [3.05, 3.63) is 54.1 Å². The van der Waals surface area contributed by atoms with E-state index >= 15 is 0 Å². The number of carbonyl (C=O) groups excluding carboxylic acids is 1. The molecule has 7 nitrogen and oxygen atoms in total. The first kappa shape index (κ1) is 22.6. The Morgan fingerprint density at radius 2 is 1.67 bits per heavy atom. The van der Waals surface area contributed by atoms with E-state index in [4.69, 9.17) is 20.4 Å². The Bertz CT molecular complexity index is 1280. The Kier molecular flexibility index (Phi) is 6.49. The molecular formula is C26H31N5O2. The van der Waals surface area contributed by atoms with Crippen molar-refractivity contribution in [3.8, 4) is 5.69 Å². The molecule has 4 aromatic rings. The van der Waals surface area contributed by atoms with Gasteiger partial charge in [0.15, 0.2) is 5.65 Å². The molecule has 0 aliphatic rings. The maximum Gasteiger partial charge on any atom is 0.344 e. The molecule has 0 saturated carbocycles. The van der Waals surface area contributed by atoms with Gasteiger partial charge in [0.05, 0.1) is 17.6 Å². The largest absolute Gasteiger partial charge is 0.462 e. The summed E-state index contributed by atoms with van der Waals surface area (Å²) in [7, 11) is 0. The third-order valence-electron chi connectivity index (χ3n) is 6.13. The average molecular weight is 446 g/mol. The summed E-state index contributed by atoms with van der Waals surface area (Å²) in [5.74, 6) is 0.0778. The van der Waals surface area contributed by atoms with Crippen LogP contribution >= 0.6 is 0 Å². The van der Waals surface area contributed by atoms with E-state index in [1.165, 1.54) is 0 Å². The van der Waals surface area contributed by atoms with Crippen molar-refractivity contribution < 1.29 is 9.53 Å². The molecule has 2 heterocycles. The van der Waals surface area contributed by atoms with Crippen molar-refractivity contribution in [2.45, 2.75) is 34.1 Å². The van der Waals surface area contributed by atoms with Crippen LogP contribution in [-0.4, -0.2) is 40.2 Å². The number of hydrogen-bond acceptors (Lipinski definition) is 6. The summed E-state index contributed by atoms with van der Waals surface area (Å²) in [6.07, 6.45) is 0.924. The van der Waals surface area contributed by atoms with Crippen molar-refractivity contribution >= 4 is 39.7 Å². The number of aromatic nitrogens is 3. The van der Waals surface area contributed by atoms with Crippen LogP contribution in [0, 0.1) is 5.92 Å². The van der Waals surface area contributed by atoms with Crippen molar-refractivity contribution in [1.82, 2.24) is 14.5 Å². The third kappa shape index (κ3) is 4.23. The maximum absolute atomic E-state index is 13.1. The third-order valence-corrected chi connectivity index (χ3v) is 6.13. The molecule has 2 aromatic heterocycles. The second-order valence-corrected chi connectivity index (χ2v) is 8.28. The van der Waals surface area contributed by atoms with Crippen LogP contribution in [0.5, 0.6) is 0 Å². The van der Waals surface area contributed by atoms with Gasteiger partial charge in [-0.05, 0) is 56.2 Å². The van der Waals surface area contributed by atoms with Crippen LogP contribution in [0.25, 0.3) is 27.9 Å². The van der Waals surface area contributed by atoms with Crippen molar-refractivity contribution in [3.63, 3.8) is 0 Å². The minimum absolute atomic E-state index is 0.263. The van der Waals surface area contributed by atoms with Gasteiger partial charge in [-0.3, -0.25) is 4.57 Å². The highest BCUT2D eigenvalue weighted by Crippen LogP contribution is 2.32. The summed E-state index contributed by atoms with van der Waals surface area (Å²) >= 11 is 0. The van der Waals surface area contributed by atoms with Gasteiger partial charge in [-0.1, -0.05) is 32.4 Å². The zero-order valence-corrected chi connectivity index (χ0v) is 19.7. The van der Waals surface area contributed by atoms with Crippen LogP contribution in [0.15, 0.2) is 48.5 Å². The van der Waals surface area contributed by atoms with Crippen LogP contribution < -0.4 is 10.6 Å². The molecule has 33 heavy (non-hydrogen) atoms. The van der Waals surface area contributed by atoms with E-state index in [-0.39, 0.29) is 17.3 Å². The van der Waals surface area contributed by atoms with E-state index in [1.54, 1.807) is 4.57 Å². The number of carbonyl (C=O) groups is 1. The minimum Gasteiger partial charge on any atom is -0.462 e. The summed E-state index contributed by atoms with van der Waals surface area (Å²) in [4.78, 5) is 25.0. The lowest BCUT2D eigenvalue weighted by Gasteiger charge is -2.21. The van der Waals surface area contributed by atoms with E-state index in [2.05, 4.69) is 37.8 Å². The summed E-state index contributed by atoms with van der Waals surface area (Å²) < 4.78 is 7.40. The van der Waals surface area contributed by atoms with E-state index in [9.17, 15) is 4.79 Å². The first-order chi connectivity index (χ1) is 16.0. The maximum atomic E-state index is 13.1. The Hall–Kier alpha value is -3.61. The Morgan fingerprint density at radius 1 is 1.03 bits per heavy atom. The number of fused-ring (bicyclic) bond motifs is 2. The second-order valence-electron chi connectivity index (χ2n) is 8.28. The first-order valence-electron chi connectivity index (χ1n) is 11.6. The molecule has 4 rings (SSSR count). The fourth-order valence-electron chi connectivity index (χ4n) is 3.93. The number of nitrogen functional groups attached to an aromatic ring is 1. The summed E-state index contributed by atoms with van der Waals surface area (Å²) in [5.41, 5.74) is 11.2. The highest BCUT2D eigenvalue weighted by Gasteiger charge is 2.26. The SMILES string of the molecule is CCC(C)COC(=O)c1c(N)n(-c2ccc(N(CC)CC)cc2)c2nc3ccccc3nc12. The first-order valence-corrected chi connectivity index (χ1v) is 11.6. The minimum atomic E-state index is -0.471. The van der Waals surface area contributed by atoms with Gasteiger partial charge in [0.1, 0.15) is 16.9 Å². The molecule has 0 amide bonds. The van der Waals surface area contributed by atoms with Gasteiger partial charge in [0.2, 0.25) is 0 Å². The summed E-state index contributed by atoms with van der Waals surface area (Å²) in [5, 5.41) is 0. The van der Waals surface area contributed by atoms with Gasteiger partial charge in [0, 0.05) is 24.5 Å². The van der Waals surface area contributed by atoms with E-state index in [1.807, 2.05) is 43.3 Å². The summed E-state index contributed by atoms with van der Waals surface area (Å²) in [6.45, 7) is 10.6. The van der Waals surface area contributed by atoms with Gasteiger partial charge in [-0.25, -0.2) is 14.8 Å². The second kappa shape index (κ2) is 9.48. The molecule has 0 saturated heterocycles. The van der Waals surface area contributed by atoms with Crippen LogP contribution in [0.2, 0.25) is 0 Å². The average Bonchev–Trinajstić information content (AvgIpc) is 3.12. The number of anilines is 2. The van der Waals surface area contributed by atoms with E-state index < -0.39 is 5.97 Å². The standard InChI is InChI=1S/C26H31N5O2/c1-5-17(4)16-33-26(32)22-23-25(29-21-11-9-8-10-20(21)28-23)31(24(22)27)19-14-12-18(13-15-19)30(6-2)7-3/h8-15,17H,5-7,16,27H2,1-4H3. The van der Waals surface area contributed by atoms with Crippen LogP contribution in [0.4, 0.5) is 11.5 Å². The highest BCUT2D eigenvalue weighted by molar-refractivity contribution is 6.09. The number of hydrogen-bond donors (Lipinski definition) is 1.